The van der Waals surface area contributed by atoms with Gasteiger partial charge in [-0.25, -0.2) is 19.9 Å². The standard InChI is InChI=1S/C36H21FN6/c37-31-18-16-23-14-13-22-15-17-27(40-32(22)33(23)42-31)25-8-5-7-24(21-25)26-9-6-12-30-34(26)43-36(29-11-2-4-20-39-29)35(41-30)28-10-1-3-19-38-28/h1-21H. The SMILES string of the molecule is Fc1ccc2ccc3ccc(-c4cccc(-c5cccc6nc(-c7ccccn7)c(-c7ccccn7)nc56)c4)nc3c2n1. The summed E-state index contributed by atoms with van der Waals surface area (Å²) in [6.07, 6.45) is 3.50. The van der Waals surface area contributed by atoms with E-state index in [0.717, 1.165) is 55.6 Å². The lowest BCUT2D eigenvalue weighted by molar-refractivity contribution is 0.589. The number of para-hydroxylation sites is 1. The summed E-state index contributed by atoms with van der Waals surface area (Å²) in [5.41, 5.74) is 9.12. The van der Waals surface area contributed by atoms with Gasteiger partial charge in [-0.1, -0.05) is 60.7 Å². The molecule has 3 aromatic carbocycles. The highest BCUT2D eigenvalue weighted by molar-refractivity contribution is 6.03. The van der Waals surface area contributed by atoms with E-state index in [4.69, 9.17) is 15.0 Å². The molecule has 7 heteroatoms. The Balaban J connectivity index is 1.30. The minimum absolute atomic E-state index is 0.525. The molecule has 43 heavy (non-hydrogen) atoms. The molecule has 202 valence electrons. The maximum Gasteiger partial charge on any atom is 0.213 e. The maximum absolute atomic E-state index is 14.1. The molecule has 0 saturated heterocycles. The Bertz CT molecular complexity index is 2310. The summed E-state index contributed by atoms with van der Waals surface area (Å²) < 4.78 is 14.1. The van der Waals surface area contributed by atoms with Gasteiger partial charge in [-0.05, 0) is 60.2 Å². The topological polar surface area (TPSA) is 77.3 Å². The molecule has 0 aliphatic rings. The van der Waals surface area contributed by atoms with Crippen LogP contribution < -0.4 is 0 Å². The van der Waals surface area contributed by atoms with E-state index >= 15 is 0 Å². The molecule has 0 fully saturated rings. The smallest absolute Gasteiger partial charge is 0.213 e. The first-order chi connectivity index (χ1) is 21.2. The quantitative estimate of drug-likeness (QED) is 0.160. The van der Waals surface area contributed by atoms with Crippen LogP contribution in [0.1, 0.15) is 0 Å². The van der Waals surface area contributed by atoms with Crippen molar-refractivity contribution in [3.63, 3.8) is 0 Å². The number of nitrogens with zero attached hydrogens (tertiary/aromatic N) is 6. The van der Waals surface area contributed by atoms with Crippen LogP contribution in [0.3, 0.4) is 0 Å². The largest absolute Gasteiger partial charge is 0.255 e. The Morgan fingerprint density at radius 2 is 1.09 bits per heavy atom. The Kier molecular flexibility index (Phi) is 5.86. The van der Waals surface area contributed by atoms with Gasteiger partial charge in [0.25, 0.3) is 0 Å². The minimum Gasteiger partial charge on any atom is -0.255 e. The van der Waals surface area contributed by atoms with Crippen molar-refractivity contribution in [1.82, 2.24) is 29.9 Å². The number of halogens is 1. The second kappa shape index (κ2) is 10.2. The second-order valence-electron chi connectivity index (χ2n) is 10.1. The summed E-state index contributed by atoms with van der Waals surface area (Å²) in [5.74, 6) is -0.525. The maximum atomic E-state index is 14.1. The van der Waals surface area contributed by atoms with Crippen LogP contribution in [0.25, 0.3) is 78.0 Å². The first-order valence-electron chi connectivity index (χ1n) is 13.8. The fourth-order valence-corrected chi connectivity index (χ4v) is 5.42. The molecular formula is C36H21FN6. The van der Waals surface area contributed by atoms with E-state index in [1.165, 1.54) is 6.07 Å². The zero-order valence-electron chi connectivity index (χ0n) is 22.7. The molecule has 0 aliphatic carbocycles. The molecule has 6 nitrogen and oxygen atoms in total. The molecule has 0 atom stereocenters. The van der Waals surface area contributed by atoms with Crippen molar-refractivity contribution in [2.75, 3.05) is 0 Å². The molecule has 0 N–H and O–H groups in total. The Morgan fingerprint density at radius 3 is 1.84 bits per heavy atom. The molecule has 5 aromatic heterocycles. The molecule has 5 heterocycles. The fraction of sp³-hybridized carbons (Fsp3) is 0. The number of benzene rings is 3. The molecule has 0 unspecified atom stereocenters. The summed E-state index contributed by atoms with van der Waals surface area (Å²) in [4.78, 5) is 28.4. The Labute approximate surface area is 245 Å². The number of aromatic nitrogens is 6. The third-order valence-corrected chi connectivity index (χ3v) is 7.46. The van der Waals surface area contributed by atoms with Gasteiger partial charge in [0.2, 0.25) is 5.95 Å². The normalized spacial score (nSPS) is 11.4. The van der Waals surface area contributed by atoms with E-state index in [0.29, 0.717) is 22.4 Å². The number of hydrogen-bond acceptors (Lipinski definition) is 6. The summed E-state index contributed by atoms with van der Waals surface area (Å²) >= 11 is 0. The van der Waals surface area contributed by atoms with E-state index in [9.17, 15) is 4.39 Å². The van der Waals surface area contributed by atoms with Gasteiger partial charge in [-0.2, -0.15) is 4.39 Å². The molecule has 0 saturated carbocycles. The summed E-state index contributed by atoms with van der Waals surface area (Å²) in [5, 5.41) is 1.75. The molecule has 0 bridgehead atoms. The van der Waals surface area contributed by atoms with Gasteiger partial charge < -0.3 is 0 Å². The van der Waals surface area contributed by atoms with Crippen LogP contribution in [0.5, 0.6) is 0 Å². The van der Waals surface area contributed by atoms with Gasteiger partial charge >= 0.3 is 0 Å². The van der Waals surface area contributed by atoms with Crippen molar-refractivity contribution in [2.45, 2.75) is 0 Å². The Morgan fingerprint density at radius 1 is 0.442 bits per heavy atom. The number of pyridine rings is 4. The van der Waals surface area contributed by atoms with E-state index in [2.05, 4.69) is 27.1 Å². The fourth-order valence-electron chi connectivity index (χ4n) is 5.42. The molecule has 0 spiro atoms. The lowest BCUT2D eigenvalue weighted by Gasteiger charge is -2.13. The van der Waals surface area contributed by atoms with Crippen LogP contribution in [-0.2, 0) is 0 Å². The molecule has 0 radical (unpaired) electrons. The minimum atomic E-state index is -0.525. The van der Waals surface area contributed by atoms with Crippen LogP contribution in [-0.4, -0.2) is 29.9 Å². The van der Waals surface area contributed by atoms with Crippen LogP contribution in [0, 0.1) is 5.95 Å². The van der Waals surface area contributed by atoms with E-state index in [1.54, 1.807) is 18.5 Å². The van der Waals surface area contributed by atoms with E-state index < -0.39 is 5.95 Å². The first kappa shape index (κ1) is 24.8. The van der Waals surface area contributed by atoms with Gasteiger partial charge in [0.05, 0.1) is 39.1 Å². The number of rotatable bonds is 4. The van der Waals surface area contributed by atoms with Crippen LogP contribution in [0.15, 0.2) is 128 Å². The molecule has 0 aliphatic heterocycles. The zero-order chi connectivity index (χ0) is 28.8. The van der Waals surface area contributed by atoms with Gasteiger partial charge in [-0.15, -0.1) is 0 Å². The first-order valence-corrected chi connectivity index (χ1v) is 13.8. The highest BCUT2D eigenvalue weighted by atomic mass is 19.1. The summed E-state index contributed by atoms with van der Waals surface area (Å²) in [6, 6.07) is 36.7. The average Bonchev–Trinajstić information content (AvgIpc) is 3.08. The molecule has 8 aromatic rings. The van der Waals surface area contributed by atoms with Crippen molar-refractivity contribution >= 4 is 32.8 Å². The van der Waals surface area contributed by atoms with Crippen LogP contribution in [0.4, 0.5) is 4.39 Å². The van der Waals surface area contributed by atoms with Crippen molar-refractivity contribution in [2.24, 2.45) is 0 Å². The van der Waals surface area contributed by atoms with Gasteiger partial charge in [0.15, 0.2) is 0 Å². The van der Waals surface area contributed by atoms with Gasteiger partial charge in [0.1, 0.15) is 11.4 Å². The Hall–Kier alpha value is -5.95. The van der Waals surface area contributed by atoms with Crippen molar-refractivity contribution in [1.29, 1.82) is 0 Å². The molecule has 8 rings (SSSR count). The van der Waals surface area contributed by atoms with E-state index in [1.807, 2.05) is 91.0 Å². The predicted octanol–water partition coefficient (Wildman–Crippen LogP) is 8.32. The second-order valence-corrected chi connectivity index (χ2v) is 10.1. The van der Waals surface area contributed by atoms with Crippen molar-refractivity contribution in [3.8, 4) is 45.2 Å². The zero-order valence-corrected chi connectivity index (χ0v) is 22.7. The van der Waals surface area contributed by atoms with Gasteiger partial charge in [-0.3, -0.25) is 9.97 Å². The van der Waals surface area contributed by atoms with Crippen molar-refractivity contribution in [3.05, 3.63) is 134 Å². The monoisotopic (exact) mass is 556 g/mol. The van der Waals surface area contributed by atoms with Crippen LogP contribution >= 0.6 is 0 Å². The number of fused-ring (bicyclic) bond motifs is 4. The summed E-state index contributed by atoms with van der Waals surface area (Å²) in [7, 11) is 0. The molecular weight excluding hydrogens is 535 g/mol. The average molecular weight is 557 g/mol. The lowest BCUT2D eigenvalue weighted by atomic mass is 9.99. The van der Waals surface area contributed by atoms with Crippen LogP contribution in [0.2, 0.25) is 0 Å². The van der Waals surface area contributed by atoms with E-state index in [-0.39, 0.29) is 0 Å². The molecule has 0 amide bonds. The third-order valence-electron chi connectivity index (χ3n) is 7.46. The van der Waals surface area contributed by atoms with Gasteiger partial charge in [0, 0.05) is 34.3 Å². The van der Waals surface area contributed by atoms with Crippen molar-refractivity contribution < 1.29 is 4.39 Å². The lowest BCUT2D eigenvalue weighted by Crippen LogP contribution is -1.99. The number of hydrogen-bond donors (Lipinski definition) is 0. The highest BCUT2D eigenvalue weighted by Crippen LogP contribution is 2.35. The highest BCUT2D eigenvalue weighted by Gasteiger charge is 2.17. The predicted molar refractivity (Wildman–Crippen MR) is 167 cm³/mol. The third kappa shape index (κ3) is 4.44. The summed E-state index contributed by atoms with van der Waals surface area (Å²) in [6.45, 7) is 0.